The van der Waals surface area contributed by atoms with E-state index in [-0.39, 0.29) is 147 Å². The number of ether oxygens (including phenoxy) is 6. The molecule has 93 heavy (non-hydrogen) atoms. The average molecular weight is 1770 g/mol. The molecule has 6 saturated heterocycles. The maximum absolute atomic E-state index is 12.0. The van der Waals surface area contributed by atoms with Gasteiger partial charge in [-0.05, 0) is 200 Å². The summed E-state index contributed by atoms with van der Waals surface area (Å²) in [5.74, 6) is -9.01. The molecule has 6 aliphatic rings. The molecule has 0 aliphatic carbocycles. The topological polar surface area (TPSA) is 194 Å². The van der Waals surface area contributed by atoms with Crippen LogP contribution in [-0.2, 0) is 28.4 Å². The summed E-state index contributed by atoms with van der Waals surface area (Å²) in [5, 5.41) is 72.2. The van der Waals surface area contributed by atoms with Crippen LogP contribution in [0.4, 0.5) is 0 Å². The fourth-order valence-corrected chi connectivity index (χ4v) is 3.88. The molecule has 0 amide bonds. The predicted molar refractivity (Wildman–Crippen MR) is 378 cm³/mol. The summed E-state index contributed by atoms with van der Waals surface area (Å²) in [6.45, 7) is -91.8. The second-order valence-electron chi connectivity index (χ2n) is 13.6. The fraction of sp³-hybridized carbons (Fsp3) is 0.538. The van der Waals surface area contributed by atoms with Gasteiger partial charge in [-0.3, -0.25) is 0 Å². The molecule has 0 radical (unpaired) electrons. The van der Waals surface area contributed by atoms with Crippen LogP contribution in [0.5, 0.6) is 34.5 Å². The van der Waals surface area contributed by atoms with E-state index in [1.165, 1.54) is 0 Å². The molecule has 6 heterocycles. The van der Waals surface area contributed by atoms with E-state index in [4.69, 9.17) is 156 Å². The minimum atomic E-state index is -3.15. The third-order valence-corrected chi connectivity index (χ3v) is 7.32. The smallest absolute Gasteiger partial charge is 0.872 e. The zero-order valence-electron chi connectivity index (χ0n) is 160. The maximum Gasteiger partial charge on any atom is 2.00 e. The van der Waals surface area contributed by atoms with Crippen LogP contribution in [0.3, 0.4) is 0 Å². The molecular weight excluding hydrogens is 1540 g/mol. The van der Waals surface area contributed by atoms with Crippen molar-refractivity contribution in [3.05, 3.63) is 173 Å². The van der Waals surface area contributed by atoms with Crippen LogP contribution in [0.15, 0.2) is 72.5 Å². The van der Waals surface area contributed by atoms with Crippen LogP contribution in [0.1, 0.15) is 333 Å². The van der Waals surface area contributed by atoms with Crippen molar-refractivity contribution in [2.45, 2.75) is 200 Å². The van der Waals surface area contributed by atoms with Gasteiger partial charge in [0.1, 0.15) is 0 Å². The molecule has 0 bridgehead atoms. The van der Waals surface area contributed by atoms with E-state index >= 15 is 0 Å². The molecule has 12 rings (SSSR count). The standard InChI is InChI=1S/6C9H12O.6C4H8O.3Ba/c6*1-6-4-7(2)9(10)8(3)5-6;6*1-2-4-5-3-1;;;/h6*4-5,10H,1-3H3;6*1-4H2;;;/q;;;;;;;;;;;;3*+2/p-6/i6*1D3,2D3,3D3,4D,5D;6*1D2,2D2,3D2,4D2;;;. The molecule has 6 aromatic rings. The van der Waals surface area contributed by atoms with Crippen molar-refractivity contribution >= 4 is 147 Å². The second kappa shape index (κ2) is 57.4. The van der Waals surface area contributed by atoms with E-state index in [0.717, 1.165) is 0 Å². The molecule has 0 atom stereocenters. The Labute approximate surface area is 844 Å². The molecule has 0 saturated carbocycles. The normalized spacial score (nSPS) is 47.6. The Morgan fingerprint density at radius 1 is 0.215 bits per heavy atom. The van der Waals surface area contributed by atoms with Crippen LogP contribution in [0, 0.1) is 123 Å². The summed E-state index contributed by atoms with van der Waals surface area (Å²) in [4.78, 5) is 0. The molecule has 0 unspecified atom stereocenters. The first-order valence-corrected chi connectivity index (χ1v) is 21.7. The Bertz CT molecular complexity index is 6070. The third-order valence-electron chi connectivity index (χ3n) is 7.32. The van der Waals surface area contributed by atoms with Crippen molar-refractivity contribution in [1.82, 2.24) is 0 Å². The van der Waals surface area contributed by atoms with Gasteiger partial charge in [0.05, 0.1) is 49.3 Å². The maximum atomic E-state index is 12.0. The van der Waals surface area contributed by atoms with Gasteiger partial charge in [-0.15, -0.1) is 34.5 Å². The van der Waals surface area contributed by atoms with Crippen LogP contribution < -0.4 is 30.6 Å². The second-order valence-corrected chi connectivity index (χ2v) is 13.6. The van der Waals surface area contributed by atoms with E-state index in [1.807, 2.05) is 0 Å². The molecule has 0 N–H and O–H groups in total. The zero-order valence-corrected chi connectivity index (χ0v) is 59.3. The molecule has 0 spiro atoms. The monoisotopic (exact) mass is 1770 g/mol. The number of benzene rings is 6. The molecule has 6 aliphatic heterocycles. The summed E-state index contributed by atoms with van der Waals surface area (Å²) >= 11 is 0. The summed E-state index contributed by atoms with van der Waals surface area (Å²) in [6.07, 6.45) is -36.1. The van der Waals surface area contributed by atoms with Gasteiger partial charge in [0.2, 0.25) is 0 Å². The van der Waals surface area contributed by atoms with Crippen molar-refractivity contribution in [3.8, 4) is 34.5 Å². The van der Waals surface area contributed by atoms with Crippen LogP contribution in [0.25, 0.3) is 0 Å². The van der Waals surface area contributed by atoms with E-state index in [0.29, 0.717) is 0 Å². The summed E-state index contributed by atoms with van der Waals surface area (Å²) in [5.41, 5.74) is -20.5. The van der Waals surface area contributed by atoms with Gasteiger partial charge in [-0.2, -0.15) is 0 Å². The van der Waals surface area contributed by atoms with E-state index in [9.17, 15) is 30.6 Å². The third kappa shape index (κ3) is 45.8. The number of hydrogen-bond acceptors (Lipinski definition) is 12. The minimum absolute atomic E-state index is 0. The van der Waals surface area contributed by atoms with Crippen molar-refractivity contribution in [1.29, 1.82) is 0 Å². The molecule has 504 valence electrons. The van der Waals surface area contributed by atoms with Crippen LogP contribution in [-0.4, -0.2) is 225 Å². The van der Waals surface area contributed by atoms with Gasteiger partial charge in [-0.1, -0.05) is 173 Å². The van der Waals surface area contributed by atoms with Gasteiger partial charge in [-0.25, -0.2) is 0 Å². The minimum Gasteiger partial charge on any atom is -0.872 e. The van der Waals surface area contributed by atoms with Crippen LogP contribution in [0.2, 0.25) is 0 Å². The SMILES string of the molecule is [2H]C1([2H])OC([2H])([2H])C([2H])([2H])C1([2H])[2H].[2H]C1([2H])OC([2H])([2H])C([2H])([2H])C1([2H])[2H].[2H]C1([2H])OC([2H])([2H])C([2H])([2H])C1([2H])[2H].[2H]C1([2H])OC([2H])([2H])C([2H])([2H])C1([2H])[2H].[2H]C1([2H])OC([2H])([2H])C([2H])([2H])C1([2H])[2H].[2H]C1([2H])OC([2H])([2H])C([2H])([2H])C1([2H])[2H].[2H]c1c(C([2H])([2H])[2H])c([2H])c(C([2H])([2H])[2H])c([O-])c1C([2H])([2H])[2H].[2H]c1c(C([2H])([2H])[2H])c([2H])c(C([2H])([2H])[2H])c([O-])c1C([2H])([2H])[2H].[2H]c1c(C([2H])([2H])[2H])c([2H])c(C([2H])([2H])[2H])c([O-])c1C([2H])([2H])[2H].[2H]c1c(C([2H])([2H])[2H])c([2H])c(C([2H])([2H])[2H])c([O-])c1C([2H])([2H])[2H].[2H]c1c(C([2H])([2H])[2H])c([2H])c(C([2H])([2H])[2H])c([O-])c1C([2H])([2H])[2H].[2H]c1c(C([2H])([2H])[2H])c([2H])c(C([2H])([2H])[2H])c([O-])c1C([2H])([2H])[2H].[Ba+2].[Ba+2].[Ba+2]. The Kier molecular flexibility index (Phi) is 11.3. The largest absolute Gasteiger partial charge is 2.00 e. The predicted octanol–water partition coefficient (Wildman–Crippen LogP) is 13.8. The van der Waals surface area contributed by atoms with Gasteiger partial charge in [0.15, 0.2) is 0 Å². The van der Waals surface area contributed by atoms with Gasteiger partial charge in [0, 0.05) is 186 Å². The van der Waals surface area contributed by atoms with Crippen molar-refractivity contribution < 1.29 is 215 Å². The first-order chi connectivity index (χ1) is 87.3. The van der Waals surface area contributed by atoms with Crippen molar-refractivity contribution in [2.24, 2.45) is 0 Å². The summed E-state index contributed by atoms with van der Waals surface area (Å²) in [6, 6.07) is -13.5. The molecular formula is C78H114Ba3O12. The molecule has 6 aromatic carbocycles. The van der Waals surface area contributed by atoms with E-state index < -0.39 is 486 Å². The van der Waals surface area contributed by atoms with Crippen LogP contribution >= 0.6 is 0 Å². The van der Waals surface area contributed by atoms with Gasteiger partial charge in [0.25, 0.3) is 0 Å². The summed E-state index contributed by atoms with van der Waals surface area (Å²) < 4.78 is 844. The Morgan fingerprint density at radius 3 is 0.366 bits per heavy atom. The van der Waals surface area contributed by atoms with Gasteiger partial charge < -0.3 is 59.1 Å². The van der Waals surface area contributed by atoms with Gasteiger partial charge >= 0.3 is 147 Å². The number of hydrogen-bond donors (Lipinski definition) is 0. The molecule has 0 aromatic heterocycles. The van der Waals surface area contributed by atoms with Crippen molar-refractivity contribution in [2.75, 3.05) is 78.7 Å². The Morgan fingerprint density at radius 2 is 0.312 bits per heavy atom. The first-order valence-electron chi connectivity index (χ1n) is 78.7. The Hall–Kier alpha value is -1.41. The Balaban J connectivity index is -0.00000220. The zero-order chi connectivity index (χ0) is 166. The first kappa shape index (κ1) is 18.3. The van der Waals surface area contributed by atoms with Crippen molar-refractivity contribution in [3.63, 3.8) is 0 Å². The molecule has 6 fully saturated rings. The molecule has 15 heteroatoms. The summed E-state index contributed by atoms with van der Waals surface area (Å²) in [7, 11) is 0. The van der Waals surface area contributed by atoms with E-state index in [1.54, 1.807) is 0 Å². The quantitative estimate of drug-likeness (QED) is 0.131. The number of rotatable bonds is 0. The fourth-order valence-electron chi connectivity index (χ4n) is 3.88. The molecule has 12 nitrogen and oxygen atoms in total. The van der Waals surface area contributed by atoms with E-state index in [2.05, 4.69) is 28.4 Å². The average Bonchev–Trinajstić information content (AvgIpc) is 1.55.